The van der Waals surface area contributed by atoms with Gasteiger partial charge in [-0.1, -0.05) is 18.2 Å². The molecule has 0 atom stereocenters. The number of thiophene rings is 1. The van der Waals surface area contributed by atoms with Gasteiger partial charge >= 0.3 is 0 Å². The summed E-state index contributed by atoms with van der Waals surface area (Å²) in [6.45, 7) is 4.10. The minimum Gasteiger partial charge on any atom is -0.380 e. The van der Waals surface area contributed by atoms with E-state index in [1.54, 1.807) is 17.7 Å². The summed E-state index contributed by atoms with van der Waals surface area (Å²) < 4.78 is 6.90. The molecule has 142 valence electrons. The molecule has 2 fully saturated rings. The van der Waals surface area contributed by atoms with Crippen molar-refractivity contribution in [1.29, 1.82) is 0 Å². The van der Waals surface area contributed by atoms with E-state index in [0.29, 0.717) is 6.04 Å². The van der Waals surface area contributed by atoms with Gasteiger partial charge in [0.2, 0.25) is 0 Å². The lowest BCUT2D eigenvalue weighted by Gasteiger charge is -2.36. The molecule has 0 bridgehead atoms. The van der Waals surface area contributed by atoms with E-state index in [1.165, 1.54) is 54.1 Å². The second-order valence-corrected chi connectivity index (χ2v) is 8.68. The molecule has 1 aliphatic carbocycles. The highest BCUT2D eigenvalue weighted by Gasteiger charge is 2.27. The van der Waals surface area contributed by atoms with Crippen LogP contribution in [0.4, 0.5) is 5.82 Å². The van der Waals surface area contributed by atoms with Crippen molar-refractivity contribution in [2.45, 2.75) is 44.2 Å². The predicted octanol–water partition coefficient (Wildman–Crippen LogP) is 4.29. The van der Waals surface area contributed by atoms with E-state index in [9.17, 15) is 0 Å². The maximum atomic E-state index is 5.62. The van der Waals surface area contributed by atoms with E-state index in [1.807, 2.05) is 0 Å². The number of rotatable bonds is 3. The second-order valence-electron chi connectivity index (χ2n) is 7.65. The average molecular weight is 383 g/mol. The predicted molar refractivity (Wildman–Crippen MR) is 112 cm³/mol. The third-order valence-corrected chi connectivity index (χ3v) is 7.07. The van der Waals surface area contributed by atoms with Crippen molar-refractivity contribution in [2.75, 3.05) is 31.6 Å². The van der Waals surface area contributed by atoms with Gasteiger partial charge in [0.15, 0.2) is 0 Å². The van der Waals surface area contributed by atoms with Gasteiger partial charge in [-0.15, -0.1) is 11.3 Å². The average Bonchev–Trinajstić information content (AvgIpc) is 2.88. The largest absolute Gasteiger partial charge is 0.380 e. The first-order chi connectivity index (χ1) is 13.4. The molecule has 6 heteroatoms. The number of ether oxygens (including phenoxy) is 1. The Morgan fingerprint density at radius 2 is 1.93 bits per heavy atom. The Hall–Kier alpha value is -1.76. The first-order valence-corrected chi connectivity index (χ1v) is 10.9. The lowest BCUT2D eigenvalue weighted by Crippen LogP contribution is -2.41. The first kappa shape index (κ1) is 17.3. The fourth-order valence-electron chi connectivity index (χ4n) is 4.57. The molecule has 2 aliphatic rings. The lowest BCUT2D eigenvalue weighted by atomic mass is 9.90. The summed E-state index contributed by atoms with van der Waals surface area (Å²) in [5.41, 5.74) is 0. The molecule has 5 nitrogen and oxygen atoms in total. The van der Waals surface area contributed by atoms with E-state index in [0.717, 1.165) is 36.4 Å². The number of nitrogens with one attached hydrogen (secondary N) is 1. The molecule has 27 heavy (non-hydrogen) atoms. The summed E-state index contributed by atoms with van der Waals surface area (Å²) in [7, 11) is 0. The van der Waals surface area contributed by atoms with Gasteiger partial charge in [-0.25, -0.2) is 9.97 Å². The Balaban J connectivity index is 1.30. The number of hydrogen-bond acceptors (Lipinski definition) is 6. The molecule has 1 aliphatic heterocycles. The molecule has 3 heterocycles. The zero-order valence-electron chi connectivity index (χ0n) is 15.6. The highest BCUT2D eigenvalue weighted by Crippen LogP contribution is 2.36. The maximum Gasteiger partial charge on any atom is 0.139 e. The SMILES string of the molecule is c1ccc2c(c1)sc1ncnc(NC3CCC(N4CCCOCC4)CC3)c12. The quantitative estimate of drug-likeness (QED) is 0.732. The van der Waals surface area contributed by atoms with Crippen LogP contribution in [0.5, 0.6) is 0 Å². The standard InChI is InChI=1S/C21H26N4OS/c1-2-5-18-17(4-1)19-20(22-14-23-21(19)27-18)24-15-6-8-16(9-7-15)25-10-3-12-26-13-11-25/h1-2,4-5,14-16H,3,6-13H2,(H,22,23,24). The highest BCUT2D eigenvalue weighted by atomic mass is 32.1. The third-order valence-electron chi connectivity index (χ3n) is 5.99. The smallest absolute Gasteiger partial charge is 0.139 e. The Morgan fingerprint density at radius 3 is 2.85 bits per heavy atom. The van der Waals surface area contributed by atoms with E-state index in [4.69, 9.17) is 4.74 Å². The summed E-state index contributed by atoms with van der Waals surface area (Å²) in [4.78, 5) is 12.8. The van der Waals surface area contributed by atoms with E-state index in [2.05, 4.69) is 44.5 Å². The van der Waals surface area contributed by atoms with Crippen LogP contribution in [-0.4, -0.2) is 53.3 Å². The van der Waals surface area contributed by atoms with E-state index in [-0.39, 0.29) is 0 Å². The normalized spacial score (nSPS) is 24.9. The van der Waals surface area contributed by atoms with Gasteiger partial charge in [-0.2, -0.15) is 0 Å². The van der Waals surface area contributed by atoms with Gasteiger partial charge in [-0.3, -0.25) is 4.90 Å². The van der Waals surface area contributed by atoms with Crippen LogP contribution in [-0.2, 0) is 4.74 Å². The van der Waals surface area contributed by atoms with Gasteiger partial charge in [0.1, 0.15) is 17.0 Å². The van der Waals surface area contributed by atoms with Crippen LogP contribution in [0.25, 0.3) is 20.3 Å². The summed E-state index contributed by atoms with van der Waals surface area (Å²) in [6.07, 6.45) is 7.79. The summed E-state index contributed by atoms with van der Waals surface area (Å²) >= 11 is 1.75. The zero-order valence-corrected chi connectivity index (χ0v) is 16.4. The van der Waals surface area contributed by atoms with Crippen LogP contribution < -0.4 is 5.32 Å². The van der Waals surface area contributed by atoms with Crippen molar-refractivity contribution in [3.63, 3.8) is 0 Å². The van der Waals surface area contributed by atoms with Crippen LogP contribution in [0, 0.1) is 0 Å². The monoisotopic (exact) mass is 382 g/mol. The van der Waals surface area contributed by atoms with Crippen LogP contribution >= 0.6 is 11.3 Å². The van der Waals surface area contributed by atoms with E-state index >= 15 is 0 Å². The van der Waals surface area contributed by atoms with Crippen molar-refractivity contribution in [3.8, 4) is 0 Å². The number of aromatic nitrogens is 2. The van der Waals surface area contributed by atoms with Crippen molar-refractivity contribution in [2.24, 2.45) is 0 Å². The van der Waals surface area contributed by atoms with Crippen LogP contribution in [0.1, 0.15) is 32.1 Å². The minimum absolute atomic E-state index is 0.501. The van der Waals surface area contributed by atoms with Crippen molar-refractivity contribution in [3.05, 3.63) is 30.6 Å². The number of fused-ring (bicyclic) bond motifs is 3. The van der Waals surface area contributed by atoms with Crippen LogP contribution in [0.15, 0.2) is 30.6 Å². The fourth-order valence-corrected chi connectivity index (χ4v) is 5.62. The topological polar surface area (TPSA) is 50.3 Å². The second kappa shape index (κ2) is 7.70. The van der Waals surface area contributed by atoms with Crippen molar-refractivity contribution in [1.82, 2.24) is 14.9 Å². The molecule has 0 unspecified atom stereocenters. The summed E-state index contributed by atoms with van der Waals surface area (Å²) in [6, 6.07) is 9.76. The lowest BCUT2D eigenvalue weighted by molar-refractivity contribution is 0.119. The van der Waals surface area contributed by atoms with Gasteiger partial charge in [0.25, 0.3) is 0 Å². The molecule has 1 saturated heterocycles. The first-order valence-electron chi connectivity index (χ1n) is 10.1. The number of hydrogen-bond donors (Lipinski definition) is 1. The number of benzene rings is 1. The molecular formula is C21H26N4OS. The Labute approximate surface area is 163 Å². The fraction of sp³-hybridized carbons (Fsp3) is 0.524. The third kappa shape index (κ3) is 3.53. The highest BCUT2D eigenvalue weighted by molar-refractivity contribution is 7.25. The molecule has 1 N–H and O–H groups in total. The summed E-state index contributed by atoms with van der Waals surface area (Å²) in [5.74, 6) is 1.00. The Morgan fingerprint density at radius 1 is 1.04 bits per heavy atom. The Bertz CT molecular complexity index is 911. The van der Waals surface area contributed by atoms with Crippen LogP contribution in [0.2, 0.25) is 0 Å². The molecule has 3 aromatic rings. The van der Waals surface area contributed by atoms with Gasteiger partial charge in [-0.05, 0) is 38.2 Å². The molecule has 5 rings (SSSR count). The maximum absolute atomic E-state index is 5.62. The molecule has 0 amide bonds. The number of anilines is 1. The van der Waals surface area contributed by atoms with E-state index < -0.39 is 0 Å². The minimum atomic E-state index is 0.501. The zero-order chi connectivity index (χ0) is 18.1. The molecule has 1 aromatic carbocycles. The van der Waals surface area contributed by atoms with Crippen LogP contribution in [0.3, 0.4) is 0 Å². The Kier molecular flexibility index (Phi) is 4.95. The molecule has 2 aromatic heterocycles. The molecule has 0 spiro atoms. The molecular weight excluding hydrogens is 356 g/mol. The van der Waals surface area contributed by atoms with Gasteiger partial charge in [0.05, 0.1) is 12.0 Å². The van der Waals surface area contributed by atoms with Gasteiger partial charge < -0.3 is 10.1 Å². The van der Waals surface area contributed by atoms with Crippen molar-refractivity contribution >= 4 is 37.5 Å². The van der Waals surface area contributed by atoms with Gasteiger partial charge in [0, 0.05) is 41.9 Å². The summed E-state index contributed by atoms with van der Waals surface area (Å²) in [5, 5.41) is 6.20. The number of nitrogens with zero attached hydrogens (tertiary/aromatic N) is 3. The molecule has 0 radical (unpaired) electrons. The molecule has 1 saturated carbocycles. The van der Waals surface area contributed by atoms with Crippen molar-refractivity contribution < 1.29 is 4.74 Å².